The minimum atomic E-state index is 0.261. The molecule has 1 aromatic heterocycles. The van der Waals surface area contributed by atoms with Crippen molar-refractivity contribution in [1.29, 1.82) is 0 Å². The van der Waals surface area contributed by atoms with Gasteiger partial charge in [-0.25, -0.2) is 4.98 Å². The van der Waals surface area contributed by atoms with Crippen molar-refractivity contribution in [3.63, 3.8) is 0 Å². The SMILES string of the molecule is CNC(CC1CNCCO1)c1ccc2ncoc2c1. The van der Waals surface area contributed by atoms with Crippen LogP contribution in [0.25, 0.3) is 11.1 Å². The Labute approximate surface area is 112 Å². The van der Waals surface area contributed by atoms with Crippen LogP contribution in [-0.4, -0.2) is 37.8 Å². The molecule has 0 saturated carbocycles. The molecule has 5 heteroatoms. The summed E-state index contributed by atoms with van der Waals surface area (Å²) in [6, 6.07) is 6.42. The van der Waals surface area contributed by atoms with E-state index in [2.05, 4.69) is 27.8 Å². The van der Waals surface area contributed by atoms with E-state index in [0.717, 1.165) is 37.2 Å². The van der Waals surface area contributed by atoms with Gasteiger partial charge in [-0.1, -0.05) is 6.07 Å². The number of ether oxygens (including phenoxy) is 1. The summed E-state index contributed by atoms with van der Waals surface area (Å²) in [5, 5.41) is 6.71. The predicted octanol–water partition coefficient (Wildman–Crippen LogP) is 1.47. The van der Waals surface area contributed by atoms with E-state index in [1.807, 2.05) is 13.1 Å². The Morgan fingerprint density at radius 1 is 1.53 bits per heavy atom. The van der Waals surface area contributed by atoms with Crippen molar-refractivity contribution < 1.29 is 9.15 Å². The maximum absolute atomic E-state index is 5.77. The third kappa shape index (κ3) is 2.78. The molecule has 1 aromatic carbocycles. The molecule has 0 spiro atoms. The number of hydrogen-bond donors (Lipinski definition) is 2. The molecule has 2 N–H and O–H groups in total. The molecule has 0 bridgehead atoms. The standard InChI is InChI=1S/C14H19N3O2/c1-15-13(7-11-8-16-4-5-18-11)10-2-3-12-14(6-10)19-9-17-12/h2-3,6,9,11,13,15-16H,4-5,7-8H2,1H3. The molecule has 1 fully saturated rings. The van der Waals surface area contributed by atoms with Gasteiger partial charge in [0.15, 0.2) is 12.0 Å². The molecular formula is C14H19N3O2. The van der Waals surface area contributed by atoms with Gasteiger partial charge in [0.05, 0.1) is 12.7 Å². The molecule has 1 aliphatic heterocycles. The number of nitrogens with one attached hydrogen (secondary N) is 2. The molecule has 2 unspecified atom stereocenters. The van der Waals surface area contributed by atoms with E-state index in [1.165, 1.54) is 12.0 Å². The van der Waals surface area contributed by atoms with Gasteiger partial charge < -0.3 is 19.8 Å². The van der Waals surface area contributed by atoms with E-state index < -0.39 is 0 Å². The van der Waals surface area contributed by atoms with Crippen LogP contribution in [0.2, 0.25) is 0 Å². The van der Waals surface area contributed by atoms with Crippen LogP contribution in [0.15, 0.2) is 29.0 Å². The number of morpholine rings is 1. The Hall–Kier alpha value is -1.43. The lowest BCUT2D eigenvalue weighted by molar-refractivity contribution is 0.0176. The largest absolute Gasteiger partial charge is 0.443 e. The zero-order chi connectivity index (χ0) is 13.1. The summed E-state index contributed by atoms with van der Waals surface area (Å²) < 4.78 is 11.1. The minimum absolute atomic E-state index is 0.261. The molecule has 3 rings (SSSR count). The van der Waals surface area contributed by atoms with Crippen molar-refractivity contribution in [2.75, 3.05) is 26.7 Å². The number of oxazole rings is 1. The van der Waals surface area contributed by atoms with Crippen LogP contribution in [0.4, 0.5) is 0 Å². The van der Waals surface area contributed by atoms with E-state index in [9.17, 15) is 0 Å². The lowest BCUT2D eigenvalue weighted by atomic mass is 10.00. The van der Waals surface area contributed by atoms with Crippen molar-refractivity contribution in [2.45, 2.75) is 18.6 Å². The first kappa shape index (κ1) is 12.6. The fourth-order valence-corrected chi connectivity index (χ4v) is 2.54. The maximum Gasteiger partial charge on any atom is 0.181 e. The highest BCUT2D eigenvalue weighted by Gasteiger charge is 2.20. The third-order valence-electron chi connectivity index (χ3n) is 3.61. The molecule has 19 heavy (non-hydrogen) atoms. The summed E-state index contributed by atoms with van der Waals surface area (Å²) in [4.78, 5) is 4.14. The van der Waals surface area contributed by atoms with E-state index >= 15 is 0 Å². The van der Waals surface area contributed by atoms with Gasteiger partial charge in [-0.15, -0.1) is 0 Å². The molecule has 1 aliphatic rings. The summed E-state index contributed by atoms with van der Waals surface area (Å²) in [7, 11) is 1.98. The van der Waals surface area contributed by atoms with Crippen LogP contribution >= 0.6 is 0 Å². The van der Waals surface area contributed by atoms with Crippen molar-refractivity contribution in [3.05, 3.63) is 30.2 Å². The van der Waals surface area contributed by atoms with Crippen LogP contribution in [-0.2, 0) is 4.74 Å². The normalized spacial score (nSPS) is 21.6. The van der Waals surface area contributed by atoms with Crippen molar-refractivity contribution in [1.82, 2.24) is 15.6 Å². The van der Waals surface area contributed by atoms with Gasteiger partial charge in [0.1, 0.15) is 5.52 Å². The number of hydrogen-bond acceptors (Lipinski definition) is 5. The number of rotatable bonds is 4. The second kappa shape index (κ2) is 5.69. The van der Waals surface area contributed by atoms with Crippen LogP contribution in [0.1, 0.15) is 18.0 Å². The summed E-state index contributed by atoms with van der Waals surface area (Å²) in [6.45, 7) is 2.66. The molecule has 0 aliphatic carbocycles. The molecule has 0 amide bonds. The van der Waals surface area contributed by atoms with Crippen LogP contribution < -0.4 is 10.6 Å². The first-order valence-corrected chi connectivity index (χ1v) is 6.69. The summed E-state index contributed by atoms with van der Waals surface area (Å²) in [5.74, 6) is 0. The van der Waals surface area contributed by atoms with Gasteiger partial charge in [0.2, 0.25) is 0 Å². The zero-order valence-corrected chi connectivity index (χ0v) is 11.1. The third-order valence-corrected chi connectivity index (χ3v) is 3.61. The first-order valence-electron chi connectivity index (χ1n) is 6.69. The second-order valence-electron chi connectivity index (χ2n) is 4.85. The second-order valence-corrected chi connectivity index (χ2v) is 4.85. The molecule has 0 radical (unpaired) electrons. The molecule has 102 valence electrons. The van der Waals surface area contributed by atoms with E-state index in [1.54, 1.807) is 0 Å². The summed E-state index contributed by atoms with van der Waals surface area (Å²) in [6.07, 6.45) is 2.69. The van der Waals surface area contributed by atoms with E-state index in [-0.39, 0.29) is 12.1 Å². The van der Waals surface area contributed by atoms with Crippen LogP contribution in [0.5, 0.6) is 0 Å². The topological polar surface area (TPSA) is 59.3 Å². The van der Waals surface area contributed by atoms with Crippen LogP contribution in [0.3, 0.4) is 0 Å². The van der Waals surface area contributed by atoms with Gasteiger partial charge >= 0.3 is 0 Å². The quantitative estimate of drug-likeness (QED) is 0.872. The Balaban J connectivity index is 1.76. The lowest BCUT2D eigenvalue weighted by Crippen LogP contribution is -2.40. The van der Waals surface area contributed by atoms with Gasteiger partial charge in [0.25, 0.3) is 0 Å². The number of nitrogens with zero attached hydrogens (tertiary/aromatic N) is 1. The monoisotopic (exact) mass is 261 g/mol. The first-order chi connectivity index (χ1) is 9.36. The Bertz CT molecular complexity index is 534. The van der Waals surface area contributed by atoms with E-state index in [0.29, 0.717) is 0 Å². The molecule has 2 atom stereocenters. The zero-order valence-electron chi connectivity index (χ0n) is 11.1. The smallest absolute Gasteiger partial charge is 0.181 e. The Kier molecular flexibility index (Phi) is 3.77. The predicted molar refractivity (Wildman–Crippen MR) is 73.0 cm³/mol. The molecule has 5 nitrogen and oxygen atoms in total. The van der Waals surface area contributed by atoms with Crippen molar-refractivity contribution >= 4 is 11.1 Å². The van der Waals surface area contributed by atoms with Crippen molar-refractivity contribution in [3.8, 4) is 0 Å². The summed E-state index contributed by atoms with van der Waals surface area (Å²) >= 11 is 0. The molecule has 2 heterocycles. The van der Waals surface area contributed by atoms with Gasteiger partial charge in [0, 0.05) is 19.1 Å². The van der Waals surface area contributed by atoms with Gasteiger partial charge in [-0.05, 0) is 31.2 Å². The lowest BCUT2D eigenvalue weighted by Gasteiger charge is -2.27. The highest BCUT2D eigenvalue weighted by atomic mass is 16.5. The Morgan fingerprint density at radius 2 is 2.47 bits per heavy atom. The van der Waals surface area contributed by atoms with Crippen LogP contribution in [0, 0.1) is 0 Å². The van der Waals surface area contributed by atoms with Gasteiger partial charge in [-0.3, -0.25) is 0 Å². The average Bonchev–Trinajstić information content (AvgIpc) is 2.93. The minimum Gasteiger partial charge on any atom is -0.443 e. The highest BCUT2D eigenvalue weighted by molar-refractivity contribution is 5.72. The fraction of sp³-hybridized carbons (Fsp3) is 0.500. The molecular weight excluding hydrogens is 242 g/mol. The molecule has 1 saturated heterocycles. The fourth-order valence-electron chi connectivity index (χ4n) is 2.54. The summed E-state index contributed by atoms with van der Waals surface area (Å²) in [5.41, 5.74) is 2.94. The number of aromatic nitrogens is 1. The van der Waals surface area contributed by atoms with Crippen molar-refractivity contribution in [2.24, 2.45) is 0 Å². The van der Waals surface area contributed by atoms with Gasteiger partial charge in [-0.2, -0.15) is 0 Å². The molecule has 2 aromatic rings. The number of benzene rings is 1. The van der Waals surface area contributed by atoms with E-state index in [4.69, 9.17) is 9.15 Å². The Morgan fingerprint density at radius 3 is 3.26 bits per heavy atom. The highest BCUT2D eigenvalue weighted by Crippen LogP contribution is 2.23. The maximum atomic E-state index is 5.77. The number of fused-ring (bicyclic) bond motifs is 1. The average molecular weight is 261 g/mol.